The summed E-state index contributed by atoms with van der Waals surface area (Å²) in [5.74, 6) is 0. The highest BCUT2D eigenvalue weighted by Crippen LogP contribution is 2.33. The molecule has 112 valence electrons. The average molecular weight is 294 g/mol. The standard InChI is InChI=1S/C16H26N2OS/c1-2-17-7-8-19-14-16(12-17)5-3-6-18(13-16)10-15-4-9-20-11-15/h4,9,11H,2-3,5-8,10,12-14H2,1H3/t16-/m0/s1. The molecule has 1 aromatic rings. The molecule has 4 heteroatoms. The van der Waals surface area contributed by atoms with E-state index in [2.05, 4.69) is 33.6 Å². The van der Waals surface area contributed by atoms with E-state index in [1.165, 1.54) is 38.0 Å². The van der Waals surface area contributed by atoms with Gasteiger partial charge in [-0.3, -0.25) is 4.90 Å². The second-order valence-electron chi connectivity index (χ2n) is 6.37. The Bertz CT molecular complexity index is 409. The van der Waals surface area contributed by atoms with Crippen LogP contribution in [0, 0.1) is 5.41 Å². The summed E-state index contributed by atoms with van der Waals surface area (Å²) < 4.78 is 5.94. The zero-order chi connectivity index (χ0) is 13.8. The molecule has 0 bridgehead atoms. The minimum absolute atomic E-state index is 0.362. The highest BCUT2D eigenvalue weighted by Gasteiger charge is 2.38. The average Bonchev–Trinajstić information content (AvgIpc) is 2.88. The number of thiophene rings is 1. The van der Waals surface area contributed by atoms with Crippen molar-refractivity contribution in [1.82, 2.24) is 9.80 Å². The molecule has 2 saturated heterocycles. The van der Waals surface area contributed by atoms with Crippen molar-refractivity contribution < 1.29 is 4.74 Å². The van der Waals surface area contributed by atoms with Gasteiger partial charge >= 0.3 is 0 Å². The Kier molecular flexibility index (Phi) is 4.76. The molecule has 1 spiro atoms. The molecule has 2 fully saturated rings. The zero-order valence-corrected chi connectivity index (χ0v) is 13.3. The monoisotopic (exact) mass is 294 g/mol. The van der Waals surface area contributed by atoms with Crippen LogP contribution in [0.15, 0.2) is 16.8 Å². The smallest absolute Gasteiger partial charge is 0.0593 e. The van der Waals surface area contributed by atoms with Gasteiger partial charge in [-0.25, -0.2) is 0 Å². The van der Waals surface area contributed by atoms with E-state index in [1.54, 1.807) is 11.3 Å². The van der Waals surface area contributed by atoms with Gasteiger partial charge < -0.3 is 9.64 Å². The third-order valence-corrected chi connectivity index (χ3v) is 5.43. The van der Waals surface area contributed by atoms with E-state index < -0.39 is 0 Å². The molecule has 3 nitrogen and oxygen atoms in total. The Morgan fingerprint density at radius 3 is 3.00 bits per heavy atom. The fourth-order valence-electron chi connectivity index (χ4n) is 3.68. The maximum absolute atomic E-state index is 5.94. The number of ether oxygens (including phenoxy) is 1. The fourth-order valence-corrected chi connectivity index (χ4v) is 4.34. The topological polar surface area (TPSA) is 15.7 Å². The normalized spacial score (nSPS) is 29.6. The van der Waals surface area contributed by atoms with Crippen molar-refractivity contribution in [3.05, 3.63) is 22.4 Å². The largest absolute Gasteiger partial charge is 0.379 e. The van der Waals surface area contributed by atoms with Crippen LogP contribution in [-0.2, 0) is 11.3 Å². The summed E-state index contributed by atoms with van der Waals surface area (Å²) in [7, 11) is 0. The molecule has 1 aromatic heterocycles. The molecule has 0 unspecified atom stereocenters. The van der Waals surface area contributed by atoms with Crippen molar-refractivity contribution in [2.75, 3.05) is 45.9 Å². The summed E-state index contributed by atoms with van der Waals surface area (Å²) in [4.78, 5) is 5.20. The summed E-state index contributed by atoms with van der Waals surface area (Å²) in [5.41, 5.74) is 1.83. The van der Waals surface area contributed by atoms with Crippen LogP contribution in [0.3, 0.4) is 0 Å². The molecule has 3 heterocycles. The third kappa shape index (κ3) is 3.42. The van der Waals surface area contributed by atoms with Crippen LogP contribution in [0.2, 0.25) is 0 Å². The Hall–Kier alpha value is -0.420. The van der Waals surface area contributed by atoms with Crippen molar-refractivity contribution in [2.24, 2.45) is 5.41 Å². The molecular formula is C16H26N2OS. The lowest BCUT2D eigenvalue weighted by Gasteiger charge is -2.43. The molecule has 0 saturated carbocycles. The first-order chi connectivity index (χ1) is 9.80. The number of likely N-dealkylation sites (tertiary alicyclic amines) is 1. The minimum Gasteiger partial charge on any atom is -0.379 e. The number of hydrogen-bond donors (Lipinski definition) is 0. The first-order valence-corrected chi connectivity index (χ1v) is 8.77. The molecule has 2 aliphatic rings. The SMILES string of the molecule is CCN1CCOC[C@@]2(CCCN(Cc3ccsc3)C2)C1. The van der Waals surface area contributed by atoms with E-state index in [1.807, 2.05) is 0 Å². The lowest BCUT2D eigenvalue weighted by atomic mass is 9.80. The minimum atomic E-state index is 0.362. The maximum Gasteiger partial charge on any atom is 0.0593 e. The van der Waals surface area contributed by atoms with Crippen LogP contribution in [0.4, 0.5) is 0 Å². The number of piperidine rings is 1. The van der Waals surface area contributed by atoms with Gasteiger partial charge in [0.15, 0.2) is 0 Å². The van der Waals surface area contributed by atoms with Crippen molar-refractivity contribution in [1.29, 1.82) is 0 Å². The zero-order valence-electron chi connectivity index (χ0n) is 12.5. The lowest BCUT2D eigenvalue weighted by Crippen LogP contribution is -2.50. The summed E-state index contributed by atoms with van der Waals surface area (Å²) >= 11 is 1.80. The summed E-state index contributed by atoms with van der Waals surface area (Å²) in [6, 6.07) is 2.26. The lowest BCUT2D eigenvalue weighted by molar-refractivity contribution is 0.00337. The quantitative estimate of drug-likeness (QED) is 0.852. The maximum atomic E-state index is 5.94. The molecule has 0 radical (unpaired) electrons. The second kappa shape index (κ2) is 6.56. The van der Waals surface area contributed by atoms with Crippen LogP contribution in [0.25, 0.3) is 0 Å². The highest BCUT2D eigenvalue weighted by molar-refractivity contribution is 7.07. The van der Waals surface area contributed by atoms with E-state index >= 15 is 0 Å². The van der Waals surface area contributed by atoms with Gasteiger partial charge in [-0.05, 0) is 48.3 Å². The van der Waals surface area contributed by atoms with E-state index in [4.69, 9.17) is 4.74 Å². The first-order valence-electron chi connectivity index (χ1n) is 7.83. The molecule has 0 aromatic carbocycles. The Labute approximate surface area is 126 Å². The van der Waals surface area contributed by atoms with Gasteiger partial charge in [0, 0.05) is 31.6 Å². The molecule has 0 aliphatic carbocycles. The number of rotatable bonds is 3. The van der Waals surface area contributed by atoms with Crippen LogP contribution >= 0.6 is 11.3 Å². The van der Waals surface area contributed by atoms with Gasteiger partial charge in [0.1, 0.15) is 0 Å². The Balaban J connectivity index is 1.66. The number of nitrogens with zero attached hydrogens (tertiary/aromatic N) is 2. The van der Waals surface area contributed by atoms with Gasteiger partial charge in [0.2, 0.25) is 0 Å². The fraction of sp³-hybridized carbons (Fsp3) is 0.750. The predicted octanol–water partition coefficient (Wildman–Crippen LogP) is 2.68. The van der Waals surface area contributed by atoms with Gasteiger partial charge in [0.25, 0.3) is 0 Å². The van der Waals surface area contributed by atoms with Crippen molar-refractivity contribution in [2.45, 2.75) is 26.3 Å². The molecular weight excluding hydrogens is 268 g/mol. The summed E-state index contributed by atoms with van der Waals surface area (Å²) in [5, 5.41) is 4.46. The molecule has 1 atom stereocenters. The number of hydrogen-bond acceptors (Lipinski definition) is 4. The Morgan fingerprint density at radius 2 is 2.20 bits per heavy atom. The van der Waals surface area contributed by atoms with Crippen LogP contribution in [0.5, 0.6) is 0 Å². The van der Waals surface area contributed by atoms with Gasteiger partial charge in [0.05, 0.1) is 13.2 Å². The molecule has 2 aliphatic heterocycles. The predicted molar refractivity (Wildman–Crippen MR) is 84.2 cm³/mol. The van der Waals surface area contributed by atoms with Gasteiger partial charge in [-0.1, -0.05) is 6.92 Å². The van der Waals surface area contributed by atoms with Crippen molar-refractivity contribution in [3.63, 3.8) is 0 Å². The van der Waals surface area contributed by atoms with E-state index in [0.29, 0.717) is 5.41 Å². The molecule has 0 amide bonds. The molecule has 20 heavy (non-hydrogen) atoms. The van der Waals surface area contributed by atoms with Gasteiger partial charge in [-0.2, -0.15) is 11.3 Å². The van der Waals surface area contributed by atoms with Crippen LogP contribution in [0.1, 0.15) is 25.3 Å². The number of likely N-dealkylation sites (N-methyl/N-ethyl adjacent to an activating group) is 1. The van der Waals surface area contributed by atoms with E-state index in [-0.39, 0.29) is 0 Å². The Morgan fingerprint density at radius 1 is 1.30 bits per heavy atom. The molecule has 0 N–H and O–H groups in total. The third-order valence-electron chi connectivity index (χ3n) is 4.69. The summed E-state index contributed by atoms with van der Waals surface area (Å²) in [6.07, 6.45) is 2.63. The highest BCUT2D eigenvalue weighted by atomic mass is 32.1. The van der Waals surface area contributed by atoms with Crippen molar-refractivity contribution >= 4 is 11.3 Å². The van der Waals surface area contributed by atoms with Crippen molar-refractivity contribution in [3.8, 4) is 0 Å². The summed E-state index contributed by atoms with van der Waals surface area (Å²) in [6.45, 7) is 11.1. The second-order valence-corrected chi connectivity index (χ2v) is 7.15. The van der Waals surface area contributed by atoms with E-state index in [0.717, 1.165) is 32.8 Å². The van der Waals surface area contributed by atoms with Crippen LogP contribution < -0.4 is 0 Å². The van der Waals surface area contributed by atoms with Crippen LogP contribution in [-0.4, -0.2) is 55.7 Å². The first kappa shape index (κ1) is 14.5. The van der Waals surface area contributed by atoms with E-state index in [9.17, 15) is 0 Å². The van der Waals surface area contributed by atoms with Gasteiger partial charge in [-0.15, -0.1) is 0 Å². The molecule has 3 rings (SSSR count).